The van der Waals surface area contributed by atoms with Gasteiger partial charge in [-0.3, -0.25) is 4.79 Å². The van der Waals surface area contributed by atoms with Crippen molar-refractivity contribution >= 4 is 23.7 Å². The summed E-state index contributed by atoms with van der Waals surface area (Å²) in [4.78, 5) is 27.6. The number of carboxylic acids is 1. The van der Waals surface area contributed by atoms with Gasteiger partial charge in [-0.1, -0.05) is 28.8 Å². The highest BCUT2D eigenvalue weighted by atomic mass is 35.5. The summed E-state index contributed by atoms with van der Waals surface area (Å²) in [6, 6.07) is 5.53. The zero-order chi connectivity index (χ0) is 17.7. The number of halogens is 1. The number of hydrogen-bond donors (Lipinski definition) is 1. The van der Waals surface area contributed by atoms with E-state index in [1.165, 1.54) is 12.0 Å². The van der Waals surface area contributed by atoms with E-state index in [9.17, 15) is 14.7 Å². The second-order valence-corrected chi connectivity index (χ2v) is 6.00. The molecule has 1 aliphatic rings. The molecular weight excluding hydrogens is 336 g/mol. The molecule has 0 saturated carbocycles. The maximum Gasteiger partial charge on any atom is 0.409 e. The summed E-state index contributed by atoms with van der Waals surface area (Å²) < 4.78 is 4.71. The summed E-state index contributed by atoms with van der Waals surface area (Å²) in [5.74, 6) is -1.20. The number of azide groups is 1. The number of piperidine rings is 1. The number of carboxylic acid groups (broad SMARTS) is 1. The SMILES string of the molecule is COC(=O)N1CCC(c2ccc(Cl)cc2)([C@H](N=[N+]=[N-])C(=O)O)CC1. The van der Waals surface area contributed by atoms with Crippen molar-refractivity contribution in [1.29, 1.82) is 0 Å². The quantitative estimate of drug-likeness (QED) is 0.508. The Labute approximate surface area is 143 Å². The van der Waals surface area contributed by atoms with E-state index in [0.717, 1.165) is 5.56 Å². The van der Waals surface area contributed by atoms with Crippen LogP contribution in [0.4, 0.5) is 4.79 Å². The summed E-state index contributed by atoms with van der Waals surface area (Å²) in [6.07, 6.45) is 0.203. The Morgan fingerprint density at radius 1 is 1.38 bits per heavy atom. The Morgan fingerprint density at radius 2 is 1.96 bits per heavy atom. The maximum absolute atomic E-state index is 11.7. The first-order valence-electron chi connectivity index (χ1n) is 7.30. The van der Waals surface area contributed by atoms with Gasteiger partial charge in [0.15, 0.2) is 0 Å². The maximum atomic E-state index is 11.7. The monoisotopic (exact) mass is 352 g/mol. The smallest absolute Gasteiger partial charge is 0.409 e. The number of amides is 1. The van der Waals surface area contributed by atoms with Gasteiger partial charge in [0.25, 0.3) is 0 Å². The summed E-state index contributed by atoms with van der Waals surface area (Å²) in [6.45, 7) is 0.611. The van der Waals surface area contributed by atoms with Gasteiger partial charge in [-0.05, 0) is 36.1 Å². The van der Waals surface area contributed by atoms with E-state index < -0.39 is 23.5 Å². The van der Waals surface area contributed by atoms with Crippen molar-refractivity contribution in [2.24, 2.45) is 5.11 Å². The molecule has 0 unspecified atom stereocenters. The zero-order valence-electron chi connectivity index (χ0n) is 13.1. The van der Waals surface area contributed by atoms with Gasteiger partial charge in [0.05, 0.1) is 7.11 Å². The van der Waals surface area contributed by atoms with Crippen LogP contribution in [0.2, 0.25) is 5.02 Å². The van der Waals surface area contributed by atoms with Crippen LogP contribution in [0.3, 0.4) is 0 Å². The van der Waals surface area contributed by atoms with Crippen LogP contribution in [0, 0.1) is 0 Å². The molecule has 0 radical (unpaired) electrons. The van der Waals surface area contributed by atoms with Gasteiger partial charge < -0.3 is 14.7 Å². The lowest BCUT2D eigenvalue weighted by Gasteiger charge is -2.43. The van der Waals surface area contributed by atoms with Crippen LogP contribution in [-0.2, 0) is 14.9 Å². The molecule has 1 amide bonds. The summed E-state index contributed by atoms with van der Waals surface area (Å²) in [5.41, 5.74) is 8.60. The molecule has 24 heavy (non-hydrogen) atoms. The van der Waals surface area contributed by atoms with Crippen molar-refractivity contribution in [2.75, 3.05) is 20.2 Å². The third-order valence-electron chi connectivity index (χ3n) is 4.43. The summed E-state index contributed by atoms with van der Waals surface area (Å²) >= 11 is 5.92. The van der Waals surface area contributed by atoms with Crippen molar-refractivity contribution in [2.45, 2.75) is 24.3 Å². The standard InChI is InChI=1S/C15H17ClN4O4/c1-24-14(23)20-8-6-15(7-9-20,12(13(21)22)18-19-17)10-2-4-11(16)5-3-10/h2-5,12H,6-9H2,1H3,(H,21,22)/t12-/m1/s1. The van der Waals surface area contributed by atoms with Crippen molar-refractivity contribution < 1.29 is 19.4 Å². The number of nitrogens with zero attached hydrogens (tertiary/aromatic N) is 4. The molecule has 1 aromatic carbocycles. The highest BCUT2D eigenvalue weighted by molar-refractivity contribution is 6.30. The van der Waals surface area contributed by atoms with Gasteiger partial charge in [0.2, 0.25) is 0 Å². The predicted molar refractivity (Wildman–Crippen MR) is 86.9 cm³/mol. The minimum absolute atomic E-state index is 0.306. The first-order chi connectivity index (χ1) is 11.4. The van der Waals surface area contributed by atoms with E-state index in [1.807, 2.05) is 0 Å². The van der Waals surface area contributed by atoms with Crippen LogP contribution in [0.25, 0.3) is 10.4 Å². The molecule has 128 valence electrons. The van der Waals surface area contributed by atoms with Crippen LogP contribution in [-0.4, -0.2) is 48.3 Å². The number of benzene rings is 1. The largest absolute Gasteiger partial charge is 0.481 e. The Hall–Kier alpha value is -2.44. The Bertz CT molecular complexity index is 663. The molecule has 0 aliphatic carbocycles. The number of likely N-dealkylation sites (tertiary alicyclic amines) is 1. The molecule has 0 bridgehead atoms. The number of aliphatic carboxylic acids is 1. The molecule has 1 N–H and O–H groups in total. The van der Waals surface area contributed by atoms with Gasteiger partial charge >= 0.3 is 12.1 Å². The molecule has 0 spiro atoms. The molecule has 2 rings (SSSR count). The molecular formula is C15H17ClN4O4. The molecule has 0 aromatic heterocycles. The number of carbonyl (C=O) groups is 2. The van der Waals surface area contributed by atoms with E-state index in [1.54, 1.807) is 24.3 Å². The predicted octanol–water partition coefficient (Wildman–Crippen LogP) is 3.20. The van der Waals surface area contributed by atoms with E-state index >= 15 is 0 Å². The fourth-order valence-corrected chi connectivity index (χ4v) is 3.29. The number of hydrogen-bond acceptors (Lipinski definition) is 4. The number of rotatable bonds is 4. The van der Waals surface area contributed by atoms with Crippen molar-refractivity contribution in [3.63, 3.8) is 0 Å². The van der Waals surface area contributed by atoms with Crippen LogP contribution in [0.15, 0.2) is 29.4 Å². The number of ether oxygens (including phenoxy) is 1. The first kappa shape index (κ1) is 17.9. The fourth-order valence-electron chi connectivity index (χ4n) is 3.17. The average molecular weight is 353 g/mol. The molecule has 1 atom stereocenters. The van der Waals surface area contributed by atoms with Crippen LogP contribution in [0.1, 0.15) is 18.4 Å². The number of methoxy groups -OCH3 is 1. The third kappa shape index (κ3) is 3.39. The van der Waals surface area contributed by atoms with E-state index in [0.29, 0.717) is 31.0 Å². The molecule has 1 aromatic rings. The van der Waals surface area contributed by atoms with E-state index in [4.69, 9.17) is 21.9 Å². The van der Waals surface area contributed by atoms with Crippen molar-refractivity contribution in [3.8, 4) is 0 Å². The molecule has 8 nitrogen and oxygen atoms in total. The van der Waals surface area contributed by atoms with E-state index in [2.05, 4.69) is 10.0 Å². The molecule has 9 heteroatoms. The highest BCUT2D eigenvalue weighted by Crippen LogP contribution is 2.41. The van der Waals surface area contributed by atoms with Crippen LogP contribution in [0.5, 0.6) is 0 Å². The topological polar surface area (TPSA) is 116 Å². The molecule has 1 saturated heterocycles. The van der Waals surface area contributed by atoms with Gasteiger partial charge in [0.1, 0.15) is 6.04 Å². The second kappa shape index (κ2) is 7.42. The van der Waals surface area contributed by atoms with Gasteiger partial charge in [-0.2, -0.15) is 0 Å². The molecule has 1 heterocycles. The van der Waals surface area contributed by atoms with Crippen LogP contribution >= 0.6 is 11.6 Å². The summed E-state index contributed by atoms with van der Waals surface area (Å²) in [5, 5.41) is 13.6. The lowest BCUT2D eigenvalue weighted by atomic mass is 9.67. The normalized spacial score (nSPS) is 17.5. The minimum atomic E-state index is -1.27. The molecule has 1 aliphatic heterocycles. The fraction of sp³-hybridized carbons (Fsp3) is 0.467. The minimum Gasteiger partial charge on any atom is -0.481 e. The first-order valence-corrected chi connectivity index (χ1v) is 7.68. The Balaban J connectivity index is 2.43. The summed E-state index contributed by atoms with van der Waals surface area (Å²) in [7, 11) is 1.30. The van der Waals surface area contributed by atoms with Gasteiger partial charge in [-0.15, -0.1) is 0 Å². The Morgan fingerprint density at radius 3 is 2.42 bits per heavy atom. The van der Waals surface area contributed by atoms with Crippen LogP contribution < -0.4 is 0 Å². The van der Waals surface area contributed by atoms with Gasteiger partial charge in [-0.25, -0.2) is 4.79 Å². The van der Waals surface area contributed by atoms with Crippen molar-refractivity contribution in [1.82, 2.24) is 4.90 Å². The highest BCUT2D eigenvalue weighted by Gasteiger charge is 2.47. The second-order valence-electron chi connectivity index (χ2n) is 5.57. The third-order valence-corrected chi connectivity index (χ3v) is 4.68. The number of carbonyl (C=O) groups excluding carboxylic acids is 1. The zero-order valence-corrected chi connectivity index (χ0v) is 13.8. The van der Waals surface area contributed by atoms with E-state index in [-0.39, 0.29) is 0 Å². The lowest BCUT2D eigenvalue weighted by Crippen LogP contribution is -2.52. The molecule has 1 fully saturated rings. The Kier molecular flexibility index (Phi) is 5.54. The average Bonchev–Trinajstić information content (AvgIpc) is 2.59. The van der Waals surface area contributed by atoms with Gasteiger partial charge in [0, 0.05) is 28.4 Å². The lowest BCUT2D eigenvalue weighted by molar-refractivity contribution is -0.141. The van der Waals surface area contributed by atoms with Crippen molar-refractivity contribution in [3.05, 3.63) is 45.3 Å².